The Labute approximate surface area is 128 Å². The van der Waals surface area contributed by atoms with Crippen LogP contribution in [0.5, 0.6) is 0 Å². The predicted octanol–water partition coefficient (Wildman–Crippen LogP) is 2.92. The van der Waals surface area contributed by atoms with Crippen molar-refractivity contribution in [3.05, 3.63) is 65.6 Å². The van der Waals surface area contributed by atoms with Gasteiger partial charge in [0.05, 0.1) is 29.7 Å². The van der Waals surface area contributed by atoms with Crippen LogP contribution in [0.4, 0.5) is 0 Å². The number of rotatable bonds is 3. The van der Waals surface area contributed by atoms with E-state index in [0.29, 0.717) is 5.56 Å². The minimum Gasteiger partial charge on any atom is -0.275 e. The van der Waals surface area contributed by atoms with E-state index in [1.54, 1.807) is 29.2 Å². The van der Waals surface area contributed by atoms with Gasteiger partial charge >= 0.3 is 0 Å². The Morgan fingerprint density at radius 2 is 1.91 bits per heavy atom. The maximum Gasteiger partial charge on any atom is 0.0995 e. The van der Waals surface area contributed by atoms with E-state index in [0.717, 1.165) is 22.4 Å². The van der Waals surface area contributed by atoms with Gasteiger partial charge in [0.2, 0.25) is 0 Å². The maximum atomic E-state index is 8.88. The quantitative estimate of drug-likeness (QED) is 0.742. The summed E-state index contributed by atoms with van der Waals surface area (Å²) < 4.78 is 1.78. The van der Waals surface area contributed by atoms with Crippen molar-refractivity contribution in [1.29, 1.82) is 5.26 Å². The third-order valence-corrected chi connectivity index (χ3v) is 3.21. The van der Waals surface area contributed by atoms with E-state index in [1.807, 2.05) is 43.6 Å². The van der Waals surface area contributed by atoms with Crippen molar-refractivity contribution in [2.45, 2.75) is 0 Å². The molecular weight excluding hydrogens is 274 g/mol. The Kier molecular flexibility index (Phi) is 3.75. The van der Waals surface area contributed by atoms with Gasteiger partial charge in [-0.1, -0.05) is 24.3 Å². The molecular formula is C17H13N5. The summed E-state index contributed by atoms with van der Waals surface area (Å²) in [6.07, 6.45) is 9.29. The average molecular weight is 287 g/mol. The first-order chi connectivity index (χ1) is 10.8. The summed E-state index contributed by atoms with van der Waals surface area (Å²) in [6.45, 7) is 0. The first-order valence-electron chi connectivity index (χ1n) is 6.75. The van der Waals surface area contributed by atoms with Gasteiger partial charge < -0.3 is 0 Å². The van der Waals surface area contributed by atoms with Gasteiger partial charge in [-0.3, -0.25) is 4.68 Å². The van der Waals surface area contributed by atoms with Crippen LogP contribution < -0.4 is 0 Å². The number of benzene rings is 1. The van der Waals surface area contributed by atoms with E-state index in [9.17, 15) is 0 Å². The second-order valence-corrected chi connectivity index (χ2v) is 4.80. The summed E-state index contributed by atoms with van der Waals surface area (Å²) in [5.74, 6) is 0. The highest BCUT2D eigenvalue weighted by molar-refractivity contribution is 5.78. The molecule has 0 aliphatic heterocycles. The predicted molar refractivity (Wildman–Crippen MR) is 84.3 cm³/mol. The lowest BCUT2D eigenvalue weighted by atomic mass is 10.1. The fourth-order valence-corrected chi connectivity index (χ4v) is 2.14. The number of hydrogen-bond donors (Lipinski definition) is 0. The monoisotopic (exact) mass is 287 g/mol. The SMILES string of the molecule is Cn1cc(/C=C/c2ccnnc2)c(-c2ccc(C#N)cc2)n1. The summed E-state index contributed by atoms with van der Waals surface area (Å²) >= 11 is 0. The second kappa shape index (κ2) is 6.02. The Bertz CT molecular complexity index is 839. The van der Waals surface area contributed by atoms with Crippen LogP contribution in [-0.2, 0) is 7.05 Å². The molecule has 0 amide bonds. The highest BCUT2D eigenvalue weighted by atomic mass is 15.2. The molecule has 2 heterocycles. The van der Waals surface area contributed by atoms with Crippen molar-refractivity contribution >= 4 is 12.2 Å². The number of aryl methyl sites for hydroxylation is 1. The first kappa shape index (κ1) is 13.7. The highest BCUT2D eigenvalue weighted by Crippen LogP contribution is 2.24. The van der Waals surface area contributed by atoms with Gasteiger partial charge in [0.15, 0.2) is 0 Å². The number of hydrogen-bond acceptors (Lipinski definition) is 4. The van der Waals surface area contributed by atoms with E-state index < -0.39 is 0 Å². The molecule has 0 saturated heterocycles. The topological polar surface area (TPSA) is 67.4 Å². The molecule has 0 unspecified atom stereocenters. The molecule has 0 saturated carbocycles. The van der Waals surface area contributed by atoms with E-state index in [-0.39, 0.29) is 0 Å². The van der Waals surface area contributed by atoms with E-state index in [2.05, 4.69) is 21.4 Å². The van der Waals surface area contributed by atoms with E-state index in [1.165, 1.54) is 0 Å². The molecule has 0 bridgehead atoms. The zero-order valence-electron chi connectivity index (χ0n) is 12.0. The standard InChI is InChI=1S/C17H13N5/c1-22-12-16(7-4-14-8-9-19-20-11-14)17(21-22)15-5-2-13(10-18)3-6-15/h2-9,11-12H,1H3/b7-4+. The van der Waals surface area contributed by atoms with Crippen molar-refractivity contribution in [2.75, 3.05) is 0 Å². The molecule has 0 aliphatic carbocycles. The van der Waals surface area contributed by atoms with Gasteiger partial charge in [0.25, 0.3) is 0 Å². The van der Waals surface area contributed by atoms with Crippen molar-refractivity contribution in [3.8, 4) is 17.3 Å². The molecule has 106 valence electrons. The van der Waals surface area contributed by atoms with E-state index in [4.69, 9.17) is 5.26 Å². The van der Waals surface area contributed by atoms with Crippen LogP contribution in [0.15, 0.2) is 48.9 Å². The molecule has 0 N–H and O–H groups in total. The fourth-order valence-electron chi connectivity index (χ4n) is 2.14. The van der Waals surface area contributed by atoms with Gasteiger partial charge in [0.1, 0.15) is 0 Å². The van der Waals surface area contributed by atoms with Crippen molar-refractivity contribution < 1.29 is 0 Å². The van der Waals surface area contributed by atoms with Crippen LogP contribution in [0.3, 0.4) is 0 Å². The van der Waals surface area contributed by atoms with Crippen LogP contribution in [0.25, 0.3) is 23.4 Å². The van der Waals surface area contributed by atoms with Crippen LogP contribution in [0, 0.1) is 11.3 Å². The molecule has 0 aliphatic rings. The summed E-state index contributed by atoms with van der Waals surface area (Å²) in [6, 6.07) is 11.4. The minimum absolute atomic E-state index is 0.639. The van der Waals surface area contributed by atoms with Crippen molar-refractivity contribution in [3.63, 3.8) is 0 Å². The van der Waals surface area contributed by atoms with Gasteiger partial charge in [-0.15, -0.1) is 0 Å². The number of aromatic nitrogens is 4. The van der Waals surface area contributed by atoms with Gasteiger partial charge in [-0.05, 0) is 23.8 Å². The zero-order valence-corrected chi connectivity index (χ0v) is 12.0. The fraction of sp³-hybridized carbons (Fsp3) is 0.0588. The molecule has 0 fully saturated rings. The Hall–Kier alpha value is -3.26. The summed E-state index contributed by atoms with van der Waals surface area (Å²) in [4.78, 5) is 0. The molecule has 3 aromatic rings. The van der Waals surface area contributed by atoms with Crippen LogP contribution >= 0.6 is 0 Å². The molecule has 5 heteroatoms. The highest BCUT2D eigenvalue weighted by Gasteiger charge is 2.08. The van der Waals surface area contributed by atoms with Crippen LogP contribution in [-0.4, -0.2) is 20.0 Å². The molecule has 0 spiro atoms. The van der Waals surface area contributed by atoms with Crippen LogP contribution in [0.2, 0.25) is 0 Å². The van der Waals surface area contributed by atoms with Crippen molar-refractivity contribution in [2.24, 2.45) is 7.05 Å². The number of nitriles is 1. The normalized spacial score (nSPS) is 10.7. The third-order valence-electron chi connectivity index (χ3n) is 3.21. The Morgan fingerprint density at radius 3 is 2.59 bits per heavy atom. The lowest BCUT2D eigenvalue weighted by molar-refractivity contribution is 0.771. The first-order valence-corrected chi connectivity index (χ1v) is 6.75. The smallest absolute Gasteiger partial charge is 0.0995 e. The lowest BCUT2D eigenvalue weighted by Gasteiger charge is -1.99. The molecule has 22 heavy (non-hydrogen) atoms. The molecule has 3 rings (SSSR count). The number of nitrogens with zero attached hydrogens (tertiary/aromatic N) is 5. The van der Waals surface area contributed by atoms with Gasteiger partial charge in [0, 0.05) is 24.4 Å². The third kappa shape index (κ3) is 2.91. The van der Waals surface area contributed by atoms with Crippen molar-refractivity contribution in [1.82, 2.24) is 20.0 Å². The largest absolute Gasteiger partial charge is 0.275 e. The average Bonchev–Trinajstić information content (AvgIpc) is 2.95. The Morgan fingerprint density at radius 1 is 1.09 bits per heavy atom. The van der Waals surface area contributed by atoms with E-state index >= 15 is 0 Å². The van der Waals surface area contributed by atoms with Gasteiger partial charge in [-0.25, -0.2) is 0 Å². The molecule has 0 atom stereocenters. The summed E-state index contributed by atoms with van der Waals surface area (Å²) in [5.41, 5.74) is 4.48. The molecule has 0 radical (unpaired) electrons. The zero-order chi connectivity index (χ0) is 15.4. The lowest BCUT2D eigenvalue weighted by Crippen LogP contribution is -1.88. The summed E-state index contributed by atoms with van der Waals surface area (Å²) in [7, 11) is 1.89. The maximum absolute atomic E-state index is 8.88. The minimum atomic E-state index is 0.639. The van der Waals surface area contributed by atoms with Gasteiger partial charge in [-0.2, -0.15) is 20.6 Å². The van der Waals surface area contributed by atoms with Crippen LogP contribution in [0.1, 0.15) is 16.7 Å². The Balaban J connectivity index is 1.96. The molecule has 2 aromatic heterocycles. The summed E-state index contributed by atoms with van der Waals surface area (Å²) in [5, 5.41) is 21.0. The molecule has 5 nitrogen and oxygen atoms in total. The molecule has 1 aromatic carbocycles. The second-order valence-electron chi connectivity index (χ2n) is 4.80.